The minimum atomic E-state index is 0.296. The van der Waals surface area contributed by atoms with Crippen LogP contribution < -0.4 is 10.1 Å². The van der Waals surface area contributed by atoms with Crippen molar-refractivity contribution in [2.45, 2.75) is 45.3 Å². The first-order valence-corrected chi connectivity index (χ1v) is 7.26. The van der Waals surface area contributed by atoms with Gasteiger partial charge in [0.15, 0.2) is 0 Å². The molecule has 3 heteroatoms. The predicted octanol–water partition coefficient (Wildman–Crippen LogP) is 3.22. The molecule has 1 aliphatic rings. The number of rotatable bonds is 6. The highest BCUT2D eigenvalue weighted by molar-refractivity contribution is 5.39. The van der Waals surface area contributed by atoms with Crippen LogP contribution in [-0.2, 0) is 4.74 Å². The Morgan fingerprint density at radius 1 is 1.47 bits per heavy atom. The molecule has 0 spiro atoms. The maximum Gasteiger partial charge on any atom is 0.124 e. The Bertz CT molecular complexity index is 400. The van der Waals surface area contributed by atoms with Crippen LogP contribution in [0.4, 0.5) is 0 Å². The Labute approximate surface area is 116 Å². The van der Waals surface area contributed by atoms with Crippen molar-refractivity contribution in [3.8, 4) is 5.75 Å². The number of ether oxygens (including phenoxy) is 2. The lowest BCUT2D eigenvalue weighted by Crippen LogP contribution is -2.23. The smallest absolute Gasteiger partial charge is 0.124 e. The number of aryl methyl sites for hydroxylation is 1. The van der Waals surface area contributed by atoms with Crippen LogP contribution in [0.25, 0.3) is 0 Å². The zero-order chi connectivity index (χ0) is 13.7. The minimum absolute atomic E-state index is 0.296. The van der Waals surface area contributed by atoms with Gasteiger partial charge in [-0.2, -0.15) is 0 Å². The molecule has 0 aromatic heterocycles. The zero-order valence-electron chi connectivity index (χ0n) is 12.2. The highest BCUT2D eigenvalue weighted by Gasteiger charge is 2.23. The Morgan fingerprint density at radius 3 is 2.95 bits per heavy atom. The van der Waals surface area contributed by atoms with E-state index in [1.807, 2.05) is 14.0 Å². The van der Waals surface area contributed by atoms with Crippen LogP contribution in [0.1, 0.15) is 43.4 Å². The van der Waals surface area contributed by atoms with Gasteiger partial charge in [-0.15, -0.1) is 0 Å². The molecular weight excluding hydrogens is 238 g/mol. The fourth-order valence-corrected chi connectivity index (χ4v) is 2.72. The topological polar surface area (TPSA) is 30.5 Å². The molecule has 0 bridgehead atoms. The van der Waals surface area contributed by atoms with Gasteiger partial charge in [0.2, 0.25) is 0 Å². The third-order valence-electron chi connectivity index (χ3n) is 3.71. The summed E-state index contributed by atoms with van der Waals surface area (Å²) in [5.74, 6) is 0.991. The van der Waals surface area contributed by atoms with Crippen molar-refractivity contribution >= 4 is 0 Å². The van der Waals surface area contributed by atoms with Crippen LogP contribution in [0.5, 0.6) is 5.75 Å². The largest absolute Gasteiger partial charge is 0.494 e. The maximum atomic E-state index is 5.76. The van der Waals surface area contributed by atoms with Crippen molar-refractivity contribution in [2.24, 2.45) is 0 Å². The van der Waals surface area contributed by atoms with E-state index in [0.717, 1.165) is 18.8 Å². The van der Waals surface area contributed by atoms with Gasteiger partial charge >= 0.3 is 0 Å². The molecule has 2 unspecified atom stereocenters. The summed E-state index contributed by atoms with van der Waals surface area (Å²) in [5.41, 5.74) is 2.52. The fourth-order valence-electron chi connectivity index (χ4n) is 2.72. The van der Waals surface area contributed by atoms with Crippen LogP contribution in [0, 0.1) is 6.92 Å². The predicted molar refractivity (Wildman–Crippen MR) is 77.7 cm³/mol. The molecule has 0 amide bonds. The summed E-state index contributed by atoms with van der Waals surface area (Å²) in [5, 5.41) is 3.41. The summed E-state index contributed by atoms with van der Waals surface area (Å²) in [6, 6.07) is 6.70. The summed E-state index contributed by atoms with van der Waals surface area (Å²) < 4.78 is 11.5. The number of hydrogen-bond donors (Lipinski definition) is 1. The van der Waals surface area contributed by atoms with Crippen LogP contribution in [-0.4, -0.2) is 26.4 Å². The van der Waals surface area contributed by atoms with E-state index < -0.39 is 0 Å². The van der Waals surface area contributed by atoms with Gasteiger partial charge in [0.25, 0.3) is 0 Å². The molecule has 19 heavy (non-hydrogen) atoms. The molecule has 1 saturated heterocycles. The normalized spacial score (nSPS) is 20.5. The van der Waals surface area contributed by atoms with Crippen LogP contribution in [0.3, 0.4) is 0 Å². The molecule has 1 aromatic carbocycles. The summed E-state index contributed by atoms with van der Waals surface area (Å²) >= 11 is 0. The first kappa shape index (κ1) is 14.4. The van der Waals surface area contributed by atoms with Crippen LogP contribution in [0.2, 0.25) is 0 Å². The summed E-state index contributed by atoms with van der Waals surface area (Å²) in [6.07, 6.45) is 3.76. The molecule has 1 heterocycles. The molecule has 1 aliphatic heterocycles. The van der Waals surface area contributed by atoms with E-state index in [-0.39, 0.29) is 0 Å². The van der Waals surface area contributed by atoms with Crippen molar-refractivity contribution in [3.05, 3.63) is 29.3 Å². The number of hydrogen-bond acceptors (Lipinski definition) is 3. The number of nitrogens with one attached hydrogen (secondary N) is 1. The van der Waals surface area contributed by atoms with Crippen molar-refractivity contribution in [1.82, 2.24) is 5.32 Å². The molecule has 0 radical (unpaired) electrons. The third-order valence-corrected chi connectivity index (χ3v) is 3.71. The van der Waals surface area contributed by atoms with Gasteiger partial charge in [-0.05, 0) is 46.2 Å². The van der Waals surface area contributed by atoms with E-state index in [9.17, 15) is 0 Å². The Balaban J connectivity index is 2.17. The Hall–Kier alpha value is -1.06. The summed E-state index contributed by atoms with van der Waals surface area (Å²) in [4.78, 5) is 0. The van der Waals surface area contributed by atoms with Crippen molar-refractivity contribution in [2.75, 3.05) is 20.3 Å². The van der Waals surface area contributed by atoms with Gasteiger partial charge in [0.1, 0.15) is 5.75 Å². The van der Waals surface area contributed by atoms with E-state index in [4.69, 9.17) is 9.47 Å². The summed E-state index contributed by atoms with van der Waals surface area (Å²) in [6.45, 7) is 5.76. The molecule has 0 aliphatic carbocycles. The van der Waals surface area contributed by atoms with Crippen molar-refractivity contribution in [1.29, 1.82) is 0 Å². The lowest BCUT2D eigenvalue weighted by molar-refractivity contribution is 0.0950. The van der Waals surface area contributed by atoms with Gasteiger partial charge in [0.05, 0.1) is 12.7 Å². The average Bonchev–Trinajstić information content (AvgIpc) is 2.91. The molecule has 0 saturated carbocycles. The van der Waals surface area contributed by atoms with Gasteiger partial charge in [-0.3, -0.25) is 0 Å². The van der Waals surface area contributed by atoms with Gasteiger partial charge in [-0.1, -0.05) is 17.7 Å². The molecular formula is C16H25NO2. The minimum Gasteiger partial charge on any atom is -0.494 e. The molecule has 2 atom stereocenters. The highest BCUT2D eigenvalue weighted by atomic mass is 16.5. The second-order valence-electron chi connectivity index (χ2n) is 5.19. The van der Waals surface area contributed by atoms with Gasteiger partial charge < -0.3 is 14.8 Å². The van der Waals surface area contributed by atoms with Crippen molar-refractivity contribution in [3.63, 3.8) is 0 Å². The Kier molecular flexibility index (Phi) is 5.23. The quantitative estimate of drug-likeness (QED) is 0.855. The van der Waals surface area contributed by atoms with Crippen LogP contribution in [0.15, 0.2) is 18.2 Å². The maximum absolute atomic E-state index is 5.76. The molecule has 106 valence electrons. The standard InChI is InChI=1S/C16H25NO2/c1-4-18-16-8-7-12(2)10-14(16)15(17-3)11-13-6-5-9-19-13/h7-8,10,13,15,17H,4-6,9,11H2,1-3H3. The first-order chi connectivity index (χ1) is 9.24. The average molecular weight is 263 g/mol. The highest BCUT2D eigenvalue weighted by Crippen LogP contribution is 2.31. The lowest BCUT2D eigenvalue weighted by atomic mass is 9.97. The second-order valence-corrected chi connectivity index (χ2v) is 5.19. The Morgan fingerprint density at radius 2 is 2.32 bits per heavy atom. The van der Waals surface area contributed by atoms with E-state index in [2.05, 4.69) is 30.4 Å². The lowest BCUT2D eigenvalue weighted by Gasteiger charge is -2.23. The molecule has 1 N–H and O–H groups in total. The first-order valence-electron chi connectivity index (χ1n) is 7.26. The number of benzene rings is 1. The summed E-state index contributed by atoms with van der Waals surface area (Å²) in [7, 11) is 2.01. The monoisotopic (exact) mass is 263 g/mol. The molecule has 2 rings (SSSR count). The molecule has 1 fully saturated rings. The van der Waals surface area contributed by atoms with Crippen molar-refractivity contribution < 1.29 is 9.47 Å². The van der Waals surface area contributed by atoms with E-state index in [1.54, 1.807) is 0 Å². The fraction of sp³-hybridized carbons (Fsp3) is 0.625. The van der Waals surface area contributed by atoms with E-state index in [0.29, 0.717) is 18.8 Å². The van der Waals surface area contributed by atoms with Gasteiger partial charge in [-0.25, -0.2) is 0 Å². The van der Waals surface area contributed by atoms with Crippen LogP contribution >= 0.6 is 0 Å². The zero-order valence-corrected chi connectivity index (χ0v) is 12.2. The van der Waals surface area contributed by atoms with E-state index >= 15 is 0 Å². The SMILES string of the molecule is CCOc1ccc(C)cc1C(CC1CCCO1)NC. The molecule has 1 aromatic rings. The molecule has 3 nitrogen and oxygen atoms in total. The second kappa shape index (κ2) is 6.92. The van der Waals surface area contributed by atoms with Gasteiger partial charge in [0, 0.05) is 18.2 Å². The van der Waals surface area contributed by atoms with E-state index in [1.165, 1.54) is 24.0 Å². The third kappa shape index (κ3) is 3.71.